The molecule has 0 amide bonds. The van der Waals surface area contributed by atoms with E-state index in [9.17, 15) is 0 Å². The lowest BCUT2D eigenvalue weighted by Crippen LogP contribution is -2.45. The van der Waals surface area contributed by atoms with Crippen LogP contribution in [-0.2, 0) is 0 Å². The van der Waals surface area contributed by atoms with Gasteiger partial charge in [-0.1, -0.05) is 53.3 Å². The molecule has 30 heavy (non-hydrogen) atoms. The molecule has 0 atom stereocenters. The summed E-state index contributed by atoms with van der Waals surface area (Å²) in [4.78, 5) is 14.1. The van der Waals surface area contributed by atoms with Crippen molar-refractivity contribution in [2.75, 3.05) is 60.5 Å². The predicted octanol–water partition coefficient (Wildman–Crippen LogP) is 4.86. The third-order valence-corrected chi connectivity index (χ3v) is 6.58. The lowest BCUT2D eigenvalue weighted by molar-refractivity contribution is 0.311. The zero-order chi connectivity index (χ0) is 20.9. The van der Waals surface area contributed by atoms with E-state index in [0.29, 0.717) is 21.5 Å². The summed E-state index contributed by atoms with van der Waals surface area (Å²) in [6.45, 7) is 4.48. The molecular formula is C21H24Cl2N6S. The minimum Gasteiger partial charge on any atom is -0.368 e. The zero-order valence-electron chi connectivity index (χ0n) is 16.7. The Hall–Kier alpha value is -1.93. The molecular weight excluding hydrogens is 439 g/mol. The number of anilines is 3. The van der Waals surface area contributed by atoms with E-state index in [1.54, 1.807) is 18.0 Å². The highest BCUT2D eigenvalue weighted by Crippen LogP contribution is 2.34. The molecule has 4 rings (SSSR count). The van der Waals surface area contributed by atoms with Crippen molar-refractivity contribution in [1.82, 2.24) is 14.9 Å². The Kier molecular flexibility index (Phi) is 7.04. The first-order chi connectivity index (χ1) is 14.6. The summed E-state index contributed by atoms with van der Waals surface area (Å²) in [7, 11) is 2.13. The van der Waals surface area contributed by atoms with Gasteiger partial charge in [0.25, 0.3) is 0 Å². The summed E-state index contributed by atoms with van der Waals surface area (Å²) < 4.78 is 3.34. The average molecular weight is 463 g/mol. The third-order valence-electron chi connectivity index (χ3n) is 4.99. The van der Waals surface area contributed by atoms with Crippen LogP contribution in [0.5, 0.6) is 0 Å². The highest BCUT2D eigenvalue weighted by atomic mass is 35.5. The van der Waals surface area contributed by atoms with Gasteiger partial charge in [-0.2, -0.15) is 4.98 Å². The normalized spacial score (nSPS) is 14.8. The van der Waals surface area contributed by atoms with E-state index in [-0.39, 0.29) is 0 Å². The number of piperazine rings is 1. The first-order valence-electron chi connectivity index (χ1n) is 9.88. The van der Waals surface area contributed by atoms with Crippen molar-refractivity contribution in [3.63, 3.8) is 0 Å². The van der Waals surface area contributed by atoms with Crippen LogP contribution in [0.15, 0.2) is 42.5 Å². The van der Waals surface area contributed by atoms with Crippen molar-refractivity contribution in [1.29, 1.82) is 0 Å². The van der Waals surface area contributed by atoms with E-state index < -0.39 is 0 Å². The molecule has 0 radical (unpaired) electrons. The van der Waals surface area contributed by atoms with Crippen LogP contribution in [0.2, 0.25) is 10.0 Å². The molecule has 158 valence electrons. The molecule has 6 nitrogen and oxygen atoms in total. The van der Waals surface area contributed by atoms with Gasteiger partial charge in [0.05, 0.1) is 15.6 Å². The highest BCUT2D eigenvalue weighted by molar-refractivity contribution is 8.00. The van der Waals surface area contributed by atoms with Gasteiger partial charge < -0.3 is 19.8 Å². The number of nitrogens with zero attached hydrogens (tertiary/aromatic N) is 4. The van der Waals surface area contributed by atoms with Crippen LogP contribution in [0, 0.1) is 0 Å². The Balaban J connectivity index is 1.49. The lowest BCUT2D eigenvalue weighted by Gasteiger charge is -2.32. The van der Waals surface area contributed by atoms with Crippen molar-refractivity contribution >= 4 is 63.5 Å². The second-order valence-electron chi connectivity index (χ2n) is 7.16. The van der Waals surface area contributed by atoms with Crippen molar-refractivity contribution in [3.8, 4) is 0 Å². The number of nitrogens with one attached hydrogen (secondary N) is 2. The standard InChI is InChI=1S/C21H24Cl2N6S/c1-28-10-12-29(13-11-28)21-25-19-16(7-8-17(22)18(19)23)20(26-21)24-9-14-30-27-15-5-3-2-4-6-15/h2-8,27H,9-14H2,1H3,(H,24,25,26). The second-order valence-corrected chi connectivity index (χ2v) is 8.85. The van der Waals surface area contributed by atoms with Crippen LogP contribution in [0.25, 0.3) is 10.9 Å². The molecule has 9 heteroatoms. The maximum atomic E-state index is 6.49. The number of hydrogen-bond acceptors (Lipinski definition) is 7. The van der Waals surface area contributed by atoms with Crippen molar-refractivity contribution < 1.29 is 0 Å². The van der Waals surface area contributed by atoms with Crippen LogP contribution in [0.3, 0.4) is 0 Å². The molecule has 1 fully saturated rings. The monoisotopic (exact) mass is 462 g/mol. The van der Waals surface area contributed by atoms with Gasteiger partial charge in [-0.15, -0.1) is 0 Å². The van der Waals surface area contributed by atoms with Crippen LogP contribution in [0.4, 0.5) is 17.5 Å². The first kappa shape index (κ1) is 21.3. The second kappa shape index (κ2) is 9.92. The minimum absolute atomic E-state index is 0.468. The van der Waals surface area contributed by atoms with Crippen molar-refractivity contribution in [2.45, 2.75) is 0 Å². The molecule has 0 unspecified atom stereocenters. The summed E-state index contributed by atoms with van der Waals surface area (Å²) in [5.41, 5.74) is 1.78. The molecule has 1 aromatic heterocycles. The van der Waals surface area contributed by atoms with Gasteiger partial charge in [0.1, 0.15) is 5.82 Å². The quantitative estimate of drug-likeness (QED) is 0.383. The summed E-state index contributed by atoms with van der Waals surface area (Å²) in [6, 6.07) is 13.9. The Morgan fingerprint density at radius 2 is 1.77 bits per heavy atom. The smallest absolute Gasteiger partial charge is 0.228 e. The SMILES string of the molecule is CN1CCN(c2nc(NCCSNc3ccccc3)c3ccc(Cl)c(Cl)c3n2)CC1. The molecule has 2 N–H and O–H groups in total. The van der Waals surface area contributed by atoms with Gasteiger partial charge in [0.15, 0.2) is 0 Å². The average Bonchev–Trinajstić information content (AvgIpc) is 2.77. The summed E-state index contributed by atoms with van der Waals surface area (Å²) in [5.74, 6) is 2.34. The molecule has 0 bridgehead atoms. The number of aromatic nitrogens is 2. The van der Waals surface area contributed by atoms with Gasteiger partial charge >= 0.3 is 0 Å². The molecule has 0 spiro atoms. The Morgan fingerprint density at radius 1 is 1.00 bits per heavy atom. The van der Waals surface area contributed by atoms with Crippen molar-refractivity contribution in [2.24, 2.45) is 0 Å². The number of halogens is 2. The third kappa shape index (κ3) is 5.03. The van der Waals surface area contributed by atoms with E-state index in [1.807, 2.05) is 36.4 Å². The fraction of sp³-hybridized carbons (Fsp3) is 0.333. The van der Waals surface area contributed by atoms with Gasteiger partial charge in [0.2, 0.25) is 5.95 Å². The molecule has 2 heterocycles. The van der Waals surface area contributed by atoms with Crippen molar-refractivity contribution in [3.05, 3.63) is 52.5 Å². The Bertz CT molecular complexity index is 996. The van der Waals surface area contributed by atoms with Crippen LogP contribution < -0.4 is 14.9 Å². The van der Waals surface area contributed by atoms with E-state index in [0.717, 1.165) is 55.4 Å². The van der Waals surface area contributed by atoms with E-state index in [2.05, 4.69) is 26.9 Å². The molecule has 2 aromatic carbocycles. The molecule has 3 aromatic rings. The minimum atomic E-state index is 0.468. The summed E-state index contributed by atoms with van der Waals surface area (Å²) in [6.07, 6.45) is 0. The fourth-order valence-electron chi connectivity index (χ4n) is 3.27. The van der Waals surface area contributed by atoms with Crippen LogP contribution in [-0.4, -0.2) is 60.4 Å². The maximum Gasteiger partial charge on any atom is 0.228 e. The molecule has 1 saturated heterocycles. The topological polar surface area (TPSA) is 56.3 Å². The van der Waals surface area contributed by atoms with Gasteiger partial charge in [-0.3, -0.25) is 0 Å². The number of rotatable bonds is 7. The van der Waals surface area contributed by atoms with Gasteiger partial charge in [-0.05, 0) is 31.3 Å². The first-order valence-corrected chi connectivity index (χ1v) is 11.6. The van der Waals surface area contributed by atoms with E-state index in [1.165, 1.54) is 0 Å². The lowest BCUT2D eigenvalue weighted by atomic mass is 10.2. The van der Waals surface area contributed by atoms with Crippen LogP contribution >= 0.6 is 35.1 Å². The zero-order valence-corrected chi connectivity index (χ0v) is 19.1. The van der Waals surface area contributed by atoms with E-state index >= 15 is 0 Å². The van der Waals surface area contributed by atoms with Gasteiger partial charge in [-0.25, -0.2) is 4.98 Å². The number of fused-ring (bicyclic) bond motifs is 1. The Morgan fingerprint density at radius 3 is 2.53 bits per heavy atom. The number of hydrogen-bond donors (Lipinski definition) is 2. The number of benzene rings is 2. The largest absolute Gasteiger partial charge is 0.368 e. The van der Waals surface area contributed by atoms with Crippen LogP contribution in [0.1, 0.15) is 0 Å². The summed E-state index contributed by atoms with van der Waals surface area (Å²) >= 11 is 14.4. The molecule has 0 saturated carbocycles. The summed E-state index contributed by atoms with van der Waals surface area (Å²) in [5, 5.41) is 5.30. The fourth-order valence-corrected chi connectivity index (χ4v) is 4.24. The molecule has 0 aliphatic carbocycles. The van der Waals surface area contributed by atoms with E-state index in [4.69, 9.17) is 33.2 Å². The number of likely N-dealkylation sites (N-methyl/N-ethyl adjacent to an activating group) is 1. The highest BCUT2D eigenvalue weighted by Gasteiger charge is 2.20. The Labute approximate surface area is 191 Å². The maximum absolute atomic E-state index is 6.49. The number of para-hydroxylation sites is 1. The molecule has 1 aliphatic rings. The predicted molar refractivity (Wildman–Crippen MR) is 130 cm³/mol. The molecule has 1 aliphatic heterocycles. The van der Waals surface area contributed by atoms with Gasteiger partial charge in [0, 0.05) is 49.6 Å².